The van der Waals surface area contributed by atoms with Gasteiger partial charge >= 0.3 is 5.97 Å². The van der Waals surface area contributed by atoms with Gasteiger partial charge in [-0.2, -0.15) is 5.10 Å². The van der Waals surface area contributed by atoms with Gasteiger partial charge in [0.1, 0.15) is 0 Å². The van der Waals surface area contributed by atoms with E-state index < -0.39 is 12.1 Å². The number of hydrogen-bond donors (Lipinski definition) is 1. The number of nitrogens with one attached hydrogen (secondary N) is 1. The predicted octanol–water partition coefficient (Wildman–Crippen LogP) is 3.25. The fourth-order valence-corrected chi connectivity index (χ4v) is 3.35. The third kappa shape index (κ3) is 4.00. The fraction of sp³-hybridized carbons (Fsp3) is 0.368. The number of carbonyl (C=O) groups excluding carboxylic acids is 2. The number of hydrogen-bond acceptors (Lipinski definition) is 6. The molecular formula is C19H22N4O3S. The minimum atomic E-state index is -0.876. The van der Waals surface area contributed by atoms with Gasteiger partial charge in [-0.25, -0.2) is 14.5 Å². The molecule has 142 valence electrons. The van der Waals surface area contributed by atoms with Crippen molar-refractivity contribution in [1.29, 1.82) is 0 Å². The minimum Gasteiger partial charge on any atom is -0.449 e. The van der Waals surface area contributed by atoms with Gasteiger partial charge < -0.3 is 10.1 Å². The average Bonchev–Trinajstić information content (AvgIpc) is 3.34. The Morgan fingerprint density at radius 2 is 2.19 bits per heavy atom. The van der Waals surface area contributed by atoms with Crippen LogP contribution in [0.15, 0.2) is 29.8 Å². The van der Waals surface area contributed by atoms with Crippen LogP contribution in [0.25, 0.3) is 21.6 Å². The number of pyridine rings is 1. The van der Waals surface area contributed by atoms with Crippen LogP contribution in [-0.4, -0.2) is 39.3 Å². The first-order valence-corrected chi connectivity index (χ1v) is 9.82. The second-order valence-corrected chi connectivity index (χ2v) is 7.02. The normalized spacial score (nSPS) is 12.1. The monoisotopic (exact) mass is 386 g/mol. The molecular weight excluding hydrogens is 364 g/mol. The molecule has 8 heteroatoms. The van der Waals surface area contributed by atoms with E-state index in [0.29, 0.717) is 35.4 Å². The third-order valence-electron chi connectivity index (χ3n) is 4.10. The molecule has 0 spiro atoms. The van der Waals surface area contributed by atoms with Crippen molar-refractivity contribution in [2.45, 2.75) is 39.8 Å². The molecule has 27 heavy (non-hydrogen) atoms. The van der Waals surface area contributed by atoms with E-state index in [-0.39, 0.29) is 5.91 Å². The van der Waals surface area contributed by atoms with Gasteiger partial charge in [0, 0.05) is 13.1 Å². The highest BCUT2D eigenvalue weighted by molar-refractivity contribution is 7.13. The second kappa shape index (κ2) is 8.30. The number of nitrogens with zero attached hydrogens (tertiary/aromatic N) is 3. The summed E-state index contributed by atoms with van der Waals surface area (Å²) in [6.07, 6.45) is 1.55. The maximum Gasteiger partial charge on any atom is 0.339 e. The van der Waals surface area contributed by atoms with Crippen molar-refractivity contribution in [3.63, 3.8) is 0 Å². The summed E-state index contributed by atoms with van der Waals surface area (Å²) < 4.78 is 7.14. The molecule has 1 N–H and O–H groups in total. The molecule has 3 heterocycles. The Balaban J connectivity index is 1.96. The molecule has 0 aliphatic rings. The topological polar surface area (TPSA) is 86.1 Å². The molecule has 1 atom stereocenters. The first-order valence-electron chi connectivity index (χ1n) is 8.94. The average molecular weight is 386 g/mol. The largest absolute Gasteiger partial charge is 0.449 e. The molecule has 0 aliphatic heterocycles. The number of ether oxygens (including phenoxy) is 1. The molecule has 0 aliphatic carbocycles. The Morgan fingerprint density at radius 1 is 1.37 bits per heavy atom. The number of esters is 1. The lowest BCUT2D eigenvalue weighted by Gasteiger charge is -2.14. The van der Waals surface area contributed by atoms with Gasteiger partial charge in [0.25, 0.3) is 5.91 Å². The van der Waals surface area contributed by atoms with E-state index in [1.165, 1.54) is 0 Å². The minimum absolute atomic E-state index is 0.307. The molecule has 3 aromatic rings. The van der Waals surface area contributed by atoms with Gasteiger partial charge in [-0.3, -0.25) is 4.79 Å². The van der Waals surface area contributed by atoms with Gasteiger partial charge in [-0.15, -0.1) is 11.3 Å². The first-order chi connectivity index (χ1) is 13.0. The molecule has 7 nitrogen and oxygen atoms in total. The summed E-state index contributed by atoms with van der Waals surface area (Å²) in [5, 5.41) is 9.60. The SMILES string of the molecule is CCCNC(=O)[C@H](C)OC(=O)c1cc(-c2cccs2)nc2c1cnn2CC. The van der Waals surface area contributed by atoms with Crippen LogP contribution in [0.5, 0.6) is 0 Å². The van der Waals surface area contributed by atoms with Crippen LogP contribution in [0.3, 0.4) is 0 Å². The van der Waals surface area contributed by atoms with E-state index >= 15 is 0 Å². The van der Waals surface area contributed by atoms with E-state index in [1.807, 2.05) is 31.4 Å². The number of thiophene rings is 1. The van der Waals surface area contributed by atoms with Crippen LogP contribution in [0, 0.1) is 0 Å². The number of amides is 1. The van der Waals surface area contributed by atoms with E-state index in [0.717, 1.165) is 11.3 Å². The quantitative estimate of drug-likeness (QED) is 0.630. The van der Waals surface area contributed by atoms with E-state index in [1.54, 1.807) is 35.2 Å². The molecule has 0 saturated carbocycles. The van der Waals surface area contributed by atoms with Crippen molar-refractivity contribution in [3.8, 4) is 10.6 Å². The summed E-state index contributed by atoms with van der Waals surface area (Å²) >= 11 is 1.54. The van der Waals surface area contributed by atoms with Crippen molar-refractivity contribution >= 4 is 34.2 Å². The zero-order valence-corrected chi connectivity index (χ0v) is 16.4. The van der Waals surface area contributed by atoms with Crippen molar-refractivity contribution < 1.29 is 14.3 Å². The lowest BCUT2D eigenvalue weighted by molar-refractivity contribution is -0.129. The Labute approximate surface area is 161 Å². The lowest BCUT2D eigenvalue weighted by Crippen LogP contribution is -2.36. The van der Waals surface area contributed by atoms with E-state index in [2.05, 4.69) is 15.4 Å². The lowest BCUT2D eigenvalue weighted by atomic mass is 10.1. The smallest absolute Gasteiger partial charge is 0.339 e. The number of rotatable bonds is 7. The summed E-state index contributed by atoms with van der Waals surface area (Å²) in [7, 11) is 0. The Kier molecular flexibility index (Phi) is 5.85. The molecule has 1 amide bonds. The molecule has 0 bridgehead atoms. The highest BCUT2D eigenvalue weighted by atomic mass is 32.1. The zero-order chi connectivity index (χ0) is 19.4. The first kappa shape index (κ1) is 19.0. The van der Waals surface area contributed by atoms with Crippen LogP contribution >= 0.6 is 11.3 Å². The highest BCUT2D eigenvalue weighted by Gasteiger charge is 2.23. The van der Waals surface area contributed by atoms with Crippen LogP contribution < -0.4 is 5.32 Å². The molecule has 0 fully saturated rings. The Bertz CT molecular complexity index is 949. The van der Waals surface area contributed by atoms with E-state index in [9.17, 15) is 9.59 Å². The van der Waals surface area contributed by atoms with E-state index in [4.69, 9.17) is 4.74 Å². The maximum absolute atomic E-state index is 12.8. The Hall–Kier alpha value is -2.74. The molecule has 3 aromatic heterocycles. The number of aromatic nitrogens is 3. The third-order valence-corrected chi connectivity index (χ3v) is 5.00. The van der Waals surface area contributed by atoms with Gasteiger partial charge in [0.05, 0.1) is 27.7 Å². The summed E-state index contributed by atoms with van der Waals surface area (Å²) in [6, 6.07) is 5.58. The fourth-order valence-electron chi connectivity index (χ4n) is 2.67. The van der Waals surface area contributed by atoms with Crippen molar-refractivity contribution in [2.75, 3.05) is 6.54 Å². The molecule has 3 rings (SSSR count). The zero-order valence-electron chi connectivity index (χ0n) is 15.6. The van der Waals surface area contributed by atoms with Crippen molar-refractivity contribution in [2.24, 2.45) is 0 Å². The summed E-state index contributed by atoms with van der Waals surface area (Å²) in [6.45, 7) is 6.67. The molecule has 0 radical (unpaired) electrons. The highest BCUT2D eigenvalue weighted by Crippen LogP contribution is 2.28. The van der Waals surface area contributed by atoms with Gasteiger partial charge in [0.15, 0.2) is 11.8 Å². The summed E-state index contributed by atoms with van der Waals surface area (Å²) in [4.78, 5) is 30.4. The van der Waals surface area contributed by atoms with Gasteiger partial charge in [0.2, 0.25) is 0 Å². The van der Waals surface area contributed by atoms with Crippen LogP contribution in [0.1, 0.15) is 37.6 Å². The molecule has 0 unspecified atom stereocenters. The summed E-state index contributed by atoms with van der Waals surface area (Å²) in [5.74, 6) is -0.867. The Morgan fingerprint density at radius 3 is 2.85 bits per heavy atom. The second-order valence-electron chi connectivity index (χ2n) is 6.07. The van der Waals surface area contributed by atoms with Crippen LogP contribution in [0.2, 0.25) is 0 Å². The molecule has 0 aromatic carbocycles. The van der Waals surface area contributed by atoms with Crippen molar-refractivity contribution in [1.82, 2.24) is 20.1 Å². The standard InChI is InChI=1S/C19H22N4O3S/c1-4-8-20-18(24)12(3)26-19(25)13-10-15(16-7-6-9-27-16)22-17-14(13)11-21-23(17)5-2/h6-7,9-12H,4-5,8H2,1-3H3,(H,20,24)/t12-/m0/s1. The van der Waals surface area contributed by atoms with Gasteiger partial charge in [-0.05, 0) is 37.8 Å². The van der Waals surface area contributed by atoms with Crippen LogP contribution in [0.4, 0.5) is 0 Å². The number of aryl methyl sites for hydroxylation is 1. The summed E-state index contributed by atoms with van der Waals surface area (Å²) in [5.41, 5.74) is 1.67. The van der Waals surface area contributed by atoms with Gasteiger partial charge in [-0.1, -0.05) is 13.0 Å². The molecule has 0 saturated heterocycles. The maximum atomic E-state index is 12.8. The predicted molar refractivity (Wildman–Crippen MR) is 105 cm³/mol. The number of fused-ring (bicyclic) bond motifs is 1. The van der Waals surface area contributed by atoms with Crippen molar-refractivity contribution in [3.05, 3.63) is 35.3 Å². The van der Waals surface area contributed by atoms with Crippen LogP contribution in [-0.2, 0) is 16.1 Å². The number of carbonyl (C=O) groups is 2.